The number of hydrazine groups is 1. The van der Waals surface area contributed by atoms with E-state index in [2.05, 4.69) is 10.9 Å². The molecule has 3 rings (SSSR count). The van der Waals surface area contributed by atoms with Crippen LogP contribution in [0.1, 0.15) is 26.3 Å². The summed E-state index contributed by atoms with van der Waals surface area (Å²) in [5, 5.41) is 0. The highest BCUT2D eigenvalue weighted by molar-refractivity contribution is 5.99. The normalized spacial score (nSPS) is 10.1. The molecule has 0 aromatic heterocycles. The highest BCUT2D eigenvalue weighted by atomic mass is 19.1. The Hall–Kier alpha value is -3.67. The molecule has 6 heteroatoms. The second-order valence-corrected chi connectivity index (χ2v) is 5.72. The van der Waals surface area contributed by atoms with Gasteiger partial charge in [0.1, 0.15) is 18.2 Å². The van der Waals surface area contributed by atoms with E-state index in [9.17, 15) is 14.0 Å². The number of rotatable bonds is 5. The lowest BCUT2D eigenvalue weighted by Gasteiger charge is -2.10. The summed E-state index contributed by atoms with van der Waals surface area (Å²) in [6.45, 7) is 0.246. The van der Waals surface area contributed by atoms with Crippen molar-refractivity contribution < 1.29 is 18.7 Å². The van der Waals surface area contributed by atoms with Gasteiger partial charge in [-0.1, -0.05) is 36.4 Å². The lowest BCUT2D eigenvalue weighted by atomic mass is 10.2. The molecule has 2 N–H and O–H groups in total. The topological polar surface area (TPSA) is 67.4 Å². The Morgan fingerprint density at radius 2 is 1.41 bits per heavy atom. The first-order valence-corrected chi connectivity index (χ1v) is 8.25. The molecule has 3 aromatic rings. The third kappa shape index (κ3) is 5.15. The second kappa shape index (κ2) is 8.62. The molecule has 0 atom stereocenters. The minimum Gasteiger partial charge on any atom is -0.489 e. The predicted octanol–water partition coefficient (Wildman–Crippen LogP) is 3.48. The molecular formula is C21H17FN2O3. The van der Waals surface area contributed by atoms with Crippen LogP contribution in [0.25, 0.3) is 0 Å². The maximum Gasteiger partial charge on any atom is 0.269 e. The molecule has 0 unspecified atom stereocenters. The van der Waals surface area contributed by atoms with Crippen LogP contribution in [-0.4, -0.2) is 11.8 Å². The Morgan fingerprint density at radius 3 is 2.11 bits per heavy atom. The fourth-order valence-electron chi connectivity index (χ4n) is 2.32. The van der Waals surface area contributed by atoms with Crippen LogP contribution in [0.5, 0.6) is 5.75 Å². The number of nitrogens with one attached hydrogen (secondary N) is 2. The summed E-state index contributed by atoms with van der Waals surface area (Å²) in [7, 11) is 0. The first-order valence-electron chi connectivity index (χ1n) is 8.25. The first-order chi connectivity index (χ1) is 13.1. The van der Waals surface area contributed by atoms with E-state index in [4.69, 9.17) is 4.74 Å². The molecule has 3 aromatic carbocycles. The van der Waals surface area contributed by atoms with Crippen LogP contribution in [0, 0.1) is 5.82 Å². The van der Waals surface area contributed by atoms with Crippen molar-refractivity contribution in [2.24, 2.45) is 0 Å². The number of hydrogen-bond donors (Lipinski definition) is 2. The van der Waals surface area contributed by atoms with E-state index in [0.29, 0.717) is 16.9 Å². The van der Waals surface area contributed by atoms with Crippen LogP contribution in [0.2, 0.25) is 0 Å². The molecule has 5 nitrogen and oxygen atoms in total. The van der Waals surface area contributed by atoms with E-state index in [-0.39, 0.29) is 12.4 Å². The zero-order valence-corrected chi connectivity index (χ0v) is 14.3. The van der Waals surface area contributed by atoms with Crippen LogP contribution in [0.15, 0.2) is 78.9 Å². The van der Waals surface area contributed by atoms with Gasteiger partial charge in [0, 0.05) is 11.1 Å². The van der Waals surface area contributed by atoms with Crippen LogP contribution in [0.3, 0.4) is 0 Å². The zero-order valence-electron chi connectivity index (χ0n) is 14.3. The molecule has 0 aliphatic carbocycles. The molecule has 0 saturated carbocycles. The highest BCUT2D eigenvalue weighted by Gasteiger charge is 2.09. The van der Waals surface area contributed by atoms with Gasteiger partial charge in [-0.15, -0.1) is 0 Å². The molecular weight excluding hydrogens is 347 g/mol. The van der Waals surface area contributed by atoms with Gasteiger partial charge in [-0.05, 0) is 48.0 Å². The van der Waals surface area contributed by atoms with Crippen molar-refractivity contribution in [1.29, 1.82) is 0 Å². The molecule has 27 heavy (non-hydrogen) atoms. The van der Waals surface area contributed by atoms with Gasteiger partial charge < -0.3 is 4.74 Å². The Kier molecular flexibility index (Phi) is 5.79. The summed E-state index contributed by atoms with van der Waals surface area (Å²) in [6.07, 6.45) is 0. The maximum absolute atomic E-state index is 12.9. The van der Waals surface area contributed by atoms with E-state index < -0.39 is 11.8 Å². The van der Waals surface area contributed by atoms with E-state index in [1.807, 2.05) is 0 Å². The maximum atomic E-state index is 12.9. The summed E-state index contributed by atoms with van der Waals surface area (Å²) >= 11 is 0. The van der Waals surface area contributed by atoms with Crippen molar-refractivity contribution in [3.8, 4) is 5.75 Å². The van der Waals surface area contributed by atoms with Gasteiger partial charge in [-0.25, -0.2) is 4.39 Å². The number of carbonyl (C=O) groups is 2. The van der Waals surface area contributed by atoms with Crippen molar-refractivity contribution in [2.45, 2.75) is 6.61 Å². The van der Waals surface area contributed by atoms with E-state index in [1.165, 1.54) is 12.1 Å². The lowest BCUT2D eigenvalue weighted by Crippen LogP contribution is -2.41. The molecule has 0 saturated heterocycles. The van der Waals surface area contributed by atoms with E-state index in [1.54, 1.807) is 66.7 Å². The van der Waals surface area contributed by atoms with Gasteiger partial charge in [0.2, 0.25) is 0 Å². The Morgan fingerprint density at radius 1 is 0.778 bits per heavy atom. The van der Waals surface area contributed by atoms with Gasteiger partial charge in [0.25, 0.3) is 11.8 Å². The number of benzene rings is 3. The number of carbonyl (C=O) groups excluding carboxylic acids is 2. The summed E-state index contributed by atoms with van der Waals surface area (Å²) in [6, 6.07) is 21.1. The third-order valence-electron chi connectivity index (χ3n) is 3.74. The molecule has 0 heterocycles. The SMILES string of the molecule is O=C(NNC(=O)c1cccc(OCc2ccc(F)cc2)c1)c1ccccc1. The molecule has 0 radical (unpaired) electrons. The van der Waals surface area contributed by atoms with Crippen molar-refractivity contribution >= 4 is 11.8 Å². The fraction of sp³-hybridized carbons (Fsp3) is 0.0476. The Labute approximate surface area is 155 Å². The number of hydrogen-bond acceptors (Lipinski definition) is 3. The van der Waals surface area contributed by atoms with Crippen molar-refractivity contribution in [3.05, 3.63) is 101 Å². The van der Waals surface area contributed by atoms with E-state index in [0.717, 1.165) is 5.56 Å². The van der Waals surface area contributed by atoms with Crippen molar-refractivity contribution in [3.63, 3.8) is 0 Å². The van der Waals surface area contributed by atoms with Gasteiger partial charge >= 0.3 is 0 Å². The fourth-order valence-corrected chi connectivity index (χ4v) is 2.32. The summed E-state index contributed by atoms with van der Waals surface area (Å²) in [5.41, 5.74) is 6.31. The Bertz CT molecular complexity index is 928. The monoisotopic (exact) mass is 364 g/mol. The average Bonchev–Trinajstić information content (AvgIpc) is 2.72. The minimum absolute atomic E-state index is 0.246. The summed E-state index contributed by atoms with van der Waals surface area (Å²) in [5.74, 6) is -0.699. The standard InChI is InChI=1S/C21H17FN2O3/c22-18-11-9-15(10-12-18)14-27-19-8-4-7-17(13-19)21(26)24-23-20(25)16-5-2-1-3-6-16/h1-13H,14H2,(H,23,25)(H,24,26). The summed E-state index contributed by atoms with van der Waals surface area (Å²) < 4.78 is 18.5. The van der Waals surface area contributed by atoms with Crippen LogP contribution >= 0.6 is 0 Å². The minimum atomic E-state index is -0.466. The average molecular weight is 364 g/mol. The molecule has 0 spiro atoms. The van der Waals surface area contributed by atoms with Crippen LogP contribution < -0.4 is 15.6 Å². The van der Waals surface area contributed by atoms with Crippen molar-refractivity contribution in [2.75, 3.05) is 0 Å². The predicted molar refractivity (Wildman–Crippen MR) is 98.5 cm³/mol. The van der Waals surface area contributed by atoms with Gasteiger partial charge in [0.05, 0.1) is 0 Å². The third-order valence-corrected chi connectivity index (χ3v) is 3.74. The number of amides is 2. The number of ether oxygens (including phenoxy) is 1. The second-order valence-electron chi connectivity index (χ2n) is 5.72. The van der Waals surface area contributed by atoms with E-state index >= 15 is 0 Å². The molecule has 2 amide bonds. The smallest absolute Gasteiger partial charge is 0.269 e. The largest absolute Gasteiger partial charge is 0.489 e. The van der Waals surface area contributed by atoms with Gasteiger partial charge in [-0.2, -0.15) is 0 Å². The molecule has 0 aliphatic heterocycles. The van der Waals surface area contributed by atoms with Crippen molar-refractivity contribution in [1.82, 2.24) is 10.9 Å². The number of halogens is 1. The first kappa shape index (κ1) is 18.1. The lowest BCUT2D eigenvalue weighted by molar-refractivity contribution is 0.0846. The molecule has 0 aliphatic rings. The molecule has 136 valence electrons. The van der Waals surface area contributed by atoms with Gasteiger partial charge in [0.15, 0.2) is 0 Å². The zero-order chi connectivity index (χ0) is 19.1. The summed E-state index contributed by atoms with van der Waals surface area (Å²) in [4.78, 5) is 24.2. The molecule has 0 fully saturated rings. The van der Waals surface area contributed by atoms with Crippen LogP contribution in [-0.2, 0) is 6.61 Å². The quantitative estimate of drug-likeness (QED) is 0.681. The van der Waals surface area contributed by atoms with Gasteiger partial charge in [-0.3, -0.25) is 20.4 Å². The molecule has 0 bridgehead atoms. The Balaban J connectivity index is 1.56. The van der Waals surface area contributed by atoms with Crippen LogP contribution in [0.4, 0.5) is 4.39 Å². The highest BCUT2D eigenvalue weighted by Crippen LogP contribution is 2.15.